The summed E-state index contributed by atoms with van der Waals surface area (Å²) >= 11 is 0. The number of rotatable bonds is 6. The lowest BCUT2D eigenvalue weighted by Gasteiger charge is -2.39. The van der Waals surface area contributed by atoms with Gasteiger partial charge in [-0.05, 0) is 42.7 Å². The molecule has 1 aromatic rings. The summed E-state index contributed by atoms with van der Waals surface area (Å²) in [6.07, 6.45) is 3.43. The minimum Gasteiger partial charge on any atom is -0.389 e. The van der Waals surface area contributed by atoms with E-state index in [0.29, 0.717) is 30.6 Å². The van der Waals surface area contributed by atoms with Crippen LogP contribution in [-0.2, 0) is 4.74 Å². The highest BCUT2D eigenvalue weighted by atomic mass is 16.5. The Labute approximate surface area is 159 Å². The molecule has 1 aliphatic carbocycles. The molecule has 2 fully saturated rings. The monoisotopic (exact) mass is 360 g/mol. The van der Waals surface area contributed by atoms with E-state index in [1.807, 2.05) is 0 Å². The number of nitrogens with zero attached hydrogens (tertiary/aromatic N) is 2. The third-order valence-corrected chi connectivity index (χ3v) is 5.83. The van der Waals surface area contributed by atoms with Gasteiger partial charge in [0.05, 0.1) is 18.8 Å². The van der Waals surface area contributed by atoms with Crippen LogP contribution >= 0.6 is 0 Å². The second kappa shape index (κ2) is 8.73. The lowest BCUT2D eigenvalue weighted by atomic mass is 9.71. The quantitative estimate of drug-likeness (QED) is 0.843. The van der Waals surface area contributed by atoms with Crippen molar-refractivity contribution in [1.82, 2.24) is 4.90 Å². The van der Waals surface area contributed by atoms with E-state index >= 15 is 0 Å². The molecular formula is C22H36N2O2. The highest BCUT2D eigenvalue weighted by molar-refractivity contribution is 5.46. The Kier molecular flexibility index (Phi) is 6.60. The van der Waals surface area contributed by atoms with Gasteiger partial charge in [-0.25, -0.2) is 0 Å². The summed E-state index contributed by atoms with van der Waals surface area (Å²) in [5, 5.41) is 10.4. The molecule has 3 rings (SSSR count). The minimum atomic E-state index is -0.390. The normalized spacial score (nSPS) is 28.1. The van der Waals surface area contributed by atoms with E-state index in [-0.39, 0.29) is 0 Å². The van der Waals surface area contributed by atoms with E-state index in [1.54, 1.807) is 0 Å². The number of aliphatic hydroxyl groups is 1. The van der Waals surface area contributed by atoms with Gasteiger partial charge in [0.25, 0.3) is 0 Å². The van der Waals surface area contributed by atoms with Gasteiger partial charge in [-0.2, -0.15) is 0 Å². The molecule has 0 spiro atoms. The molecule has 1 heterocycles. The molecule has 0 radical (unpaired) electrons. The molecule has 0 aromatic heterocycles. The maximum absolute atomic E-state index is 10.4. The molecule has 146 valence electrons. The summed E-state index contributed by atoms with van der Waals surface area (Å²) in [5.74, 6) is 0.715. The average molecular weight is 361 g/mol. The third-order valence-electron chi connectivity index (χ3n) is 5.83. The van der Waals surface area contributed by atoms with Crippen LogP contribution < -0.4 is 4.90 Å². The molecule has 0 amide bonds. The zero-order valence-electron chi connectivity index (χ0n) is 16.7. The van der Waals surface area contributed by atoms with Crippen LogP contribution in [0.1, 0.15) is 40.0 Å². The van der Waals surface area contributed by atoms with Crippen LogP contribution in [0.5, 0.6) is 0 Å². The van der Waals surface area contributed by atoms with Gasteiger partial charge in [-0.3, -0.25) is 4.90 Å². The van der Waals surface area contributed by atoms with Gasteiger partial charge in [-0.15, -0.1) is 0 Å². The first-order valence-electron chi connectivity index (χ1n) is 10.2. The molecular weight excluding hydrogens is 324 g/mol. The van der Waals surface area contributed by atoms with E-state index in [2.05, 4.69) is 60.9 Å². The standard InChI is InChI=1S/C22H36N2O2/c1-18-13-21(15-22(2,3)14-18)26-17-20(25)16-23-9-11-24(12-10-23)19-7-5-4-6-8-19/h4-8,18,20-21,25H,9-17H2,1-3H3/t18-,20+,21+/m1/s1. The first-order chi connectivity index (χ1) is 12.4. The average Bonchev–Trinajstić information content (AvgIpc) is 2.60. The lowest BCUT2D eigenvalue weighted by Crippen LogP contribution is -2.49. The van der Waals surface area contributed by atoms with E-state index < -0.39 is 6.10 Å². The molecule has 1 aromatic carbocycles. The van der Waals surface area contributed by atoms with Gasteiger partial charge in [0.2, 0.25) is 0 Å². The predicted molar refractivity (Wildman–Crippen MR) is 108 cm³/mol. The van der Waals surface area contributed by atoms with Gasteiger partial charge >= 0.3 is 0 Å². The Morgan fingerprint density at radius 1 is 1.12 bits per heavy atom. The Balaban J connectivity index is 1.37. The zero-order valence-corrected chi connectivity index (χ0v) is 16.7. The predicted octanol–water partition coefficient (Wildman–Crippen LogP) is 3.40. The second-order valence-corrected chi connectivity index (χ2v) is 9.15. The fourth-order valence-electron chi connectivity index (χ4n) is 4.81. The minimum absolute atomic E-state index is 0.304. The third kappa shape index (κ3) is 5.70. The molecule has 26 heavy (non-hydrogen) atoms. The van der Waals surface area contributed by atoms with E-state index in [9.17, 15) is 5.11 Å². The van der Waals surface area contributed by atoms with Crippen LogP contribution in [0.2, 0.25) is 0 Å². The Bertz CT molecular complexity index is 540. The van der Waals surface area contributed by atoms with Crippen molar-refractivity contribution in [3.05, 3.63) is 30.3 Å². The molecule has 1 saturated heterocycles. The van der Waals surface area contributed by atoms with Crippen LogP contribution in [0.3, 0.4) is 0 Å². The summed E-state index contributed by atoms with van der Waals surface area (Å²) in [6.45, 7) is 12.2. The van der Waals surface area contributed by atoms with Crippen molar-refractivity contribution in [3.8, 4) is 0 Å². The van der Waals surface area contributed by atoms with Crippen LogP contribution in [0, 0.1) is 11.3 Å². The smallest absolute Gasteiger partial charge is 0.0900 e. The highest BCUT2D eigenvalue weighted by Gasteiger charge is 2.32. The highest BCUT2D eigenvalue weighted by Crippen LogP contribution is 2.39. The first kappa shape index (κ1) is 19.7. The van der Waals surface area contributed by atoms with Gasteiger partial charge in [0.1, 0.15) is 0 Å². The van der Waals surface area contributed by atoms with Crippen molar-refractivity contribution in [2.24, 2.45) is 11.3 Å². The molecule has 4 heteroatoms. The number of piperazine rings is 1. The maximum atomic E-state index is 10.4. The SMILES string of the molecule is C[C@@H]1C[C@H](OC[C@@H](O)CN2CCN(c3ccccc3)CC2)CC(C)(C)C1. The first-order valence-corrected chi connectivity index (χ1v) is 10.2. The number of benzene rings is 1. The van der Waals surface area contributed by atoms with Crippen molar-refractivity contribution in [2.75, 3.05) is 44.2 Å². The number of hydrogen-bond donors (Lipinski definition) is 1. The summed E-state index contributed by atoms with van der Waals surface area (Å²) in [4.78, 5) is 4.78. The van der Waals surface area contributed by atoms with Gasteiger partial charge in [0, 0.05) is 38.4 Å². The Hall–Kier alpha value is -1.10. The molecule has 1 saturated carbocycles. The van der Waals surface area contributed by atoms with E-state index in [1.165, 1.54) is 12.1 Å². The molecule has 4 nitrogen and oxygen atoms in total. The van der Waals surface area contributed by atoms with Gasteiger partial charge < -0.3 is 14.7 Å². The van der Waals surface area contributed by atoms with E-state index in [0.717, 1.165) is 39.0 Å². The molecule has 1 N–H and O–H groups in total. The van der Waals surface area contributed by atoms with Crippen molar-refractivity contribution < 1.29 is 9.84 Å². The number of ether oxygens (including phenoxy) is 1. The van der Waals surface area contributed by atoms with Gasteiger partial charge in [0.15, 0.2) is 0 Å². The Morgan fingerprint density at radius 2 is 1.81 bits per heavy atom. The van der Waals surface area contributed by atoms with Crippen LogP contribution in [0.15, 0.2) is 30.3 Å². The molecule has 1 aliphatic heterocycles. The number of β-amino-alcohol motifs (C(OH)–C–C–N with tert-alkyl or cyclic N) is 1. The zero-order chi connectivity index (χ0) is 18.6. The molecule has 2 aliphatic rings. The lowest BCUT2D eigenvalue weighted by molar-refractivity contribution is -0.0615. The number of aliphatic hydroxyl groups excluding tert-OH is 1. The fraction of sp³-hybridized carbons (Fsp3) is 0.727. The van der Waals surface area contributed by atoms with Crippen molar-refractivity contribution >= 4 is 5.69 Å². The van der Waals surface area contributed by atoms with Gasteiger partial charge in [-0.1, -0.05) is 39.0 Å². The molecule has 3 atom stereocenters. The number of hydrogen-bond acceptors (Lipinski definition) is 4. The number of para-hydroxylation sites is 1. The van der Waals surface area contributed by atoms with Crippen LogP contribution in [0.25, 0.3) is 0 Å². The van der Waals surface area contributed by atoms with Crippen molar-refractivity contribution in [3.63, 3.8) is 0 Å². The van der Waals surface area contributed by atoms with Crippen LogP contribution in [0.4, 0.5) is 5.69 Å². The number of anilines is 1. The summed E-state index contributed by atoms with van der Waals surface area (Å²) in [7, 11) is 0. The summed E-state index contributed by atoms with van der Waals surface area (Å²) in [5.41, 5.74) is 1.66. The molecule has 0 bridgehead atoms. The van der Waals surface area contributed by atoms with Crippen LogP contribution in [-0.4, -0.2) is 61.5 Å². The van der Waals surface area contributed by atoms with E-state index in [4.69, 9.17) is 4.74 Å². The van der Waals surface area contributed by atoms with Crippen molar-refractivity contribution in [1.29, 1.82) is 0 Å². The Morgan fingerprint density at radius 3 is 2.46 bits per heavy atom. The summed E-state index contributed by atoms with van der Waals surface area (Å²) < 4.78 is 6.10. The topological polar surface area (TPSA) is 35.9 Å². The summed E-state index contributed by atoms with van der Waals surface area (Å²) in [6, 6.07) is 10.6. The van der Waals surface area contributed by atoms with Crippen molar-refractivity contribution in [2.45, 2.75) is 52.2 Å². The second-order valence-electron chi connectivity index (χ2n) is 9.15. The maximum Gasteiger partial charge on any atom is 0.0900 e. The molecule has 0 unspecified atom stereocenters. The largest absolute Gasteiger partial charge is 0.389 e. The fourth-order valence-corrected chi connectivity index (χ4v) is 4.81.